The molecule has 5 heteroatoms. The van der Waals surface area contributed by atoms with Crippen molar-refractivity contribution >= 4 is 29.2 Å². The molecule has 1 N–H and O–H groups in total. The lowest BCUT2D eigenvalue weighted by molar-refractivity contribution is -0.150. The molecule has 0 bridgehead atoms. The summed E-state index contributed by atoms with van der Waals surface area (Å²) >= 11 is 5.84. The molecule has 0 radical (unpaired) electrons. The quantitative estimate of drug-likeness (QED) is 0.676. The van der Waals surface area contributed by atoms with Gasteiger partial charge in [-0.15, -0.1) is 0 Å². The average Bonchev–Trinajstić information content (AvgIpc) is 3.13. The number of methoxy groups -OCH3 is 1. The molecule has 1 aliphatic carbocycles. The number of aryl methyl sites for hydroxylation is 1. The predicted molar refractivity (Wildman–Crippen MR) is 68.5 cm³/mol. The predicted octanol–water partition coefficient (Wildman–Crippen LogP) is 2.54. The molecule has 2 rings (SSSR count). The lowest BCUT2D eigenvalue weighted by atomic mass is 10.1. The Kier molecular flexibility index (Phi) is 3.30. The molecule has 0 unspecified atom stereocenters. The molecule has 0 saturated heterocycles. The lowest BCUT2D eigenvalue weighted by Crippen LogP contribution is -2.32. The number of benzene rings is 1. The van der Waals surface area contributed by atoms with Crippen LogP contribution in [0.3, 0.4) is 0 Å². The summed E-state index contributed by atoms with van der Waals surface area (Å²) in [5.41, 5.74) is 0.539. The third-order valence-electron chi connectivity index (χ3n) is 3.20. The highest BCUT2D eigenvalue weighted by molar-refractivity contribution is 6.30. The molecule has 1 aromatic carbocycles. The largest absolute Gasteiger partial charge is 0.468 e. The number of anilines is 1. The maximum absolute atomic E-state index is 12.1. The third-order valence-corrected chi connectivity index (χ3v) is 3.43. The van der Waals surface area contributed by atoms with Crippen LogP contribution in [-0.2, 0) is 14.3 Å². The second kappa shape index (κ2) is 4.61. The van der Waals surface area contributed by atoms with Crippen molar-refractivity contribution in [1.82, 2.24) is 0 Å². The van der Waals surface area contributed by atoms with Gasteiger partial charge in [-0.25, -0.2) is 0 Å². The number of amides is 1. The van der Waals surface area contributed by atoms with Crippen molar-refractivity contribution in [2.45, 2.75) is 19.8 Å². The van der Waals surface area contributed by atoms with Crippen LogP contribution in [0.2, 0.25) is 5.02 Å². The van der Waals surface area contributed by atoms with Crippen molar-refractivity contribution in [3.63, 3.8) is 0 Å². The zero-order valence-corrected chi connectivity index (χ0v) is 11.0. The van der Waals surface area contributed by atoms with Crippen molar-refractivity contribution in [3.05, 3.63) is 28.8 Å². The second-order valence-corrected chi connectivity index (χ2v) is 4.92. The van der Waals surface area contributed by atoms with Crippen LogP contribution in [0.1, 0.15) is 18.4 Å². The number of ether oxygens (including phenoxy) is 1. The Morgan fingerprint density at radius 2 is 2.06 bits per heavy atom. The Morgan fingerprint density at radius 3 is 2.56 bits per heavy atom. The molecule has 0 aromatic heterocycles. The first-order valence-electron chi connectivity index (χ1n) is 5.65. The van der Waals surface area contributed by atoms with E-state index in [1.165, 1.54) is 7.11 Å². The molecule has 18 heavy (non-hydrogen) atoms. The maximum atomic E-state index is 12.1. The summed E-state index contributed by atoms with van der Waals surface area (Å²) in [7, 11) is 1.29. The van der Waals surface area contributed by atoms with Crippen LogP contribution >= 0.6 is 11.6 Å². The first kappa shape index (κ1) is 12.9. The monoisotopic (exact) mass is 267 g/mol. The molecule has 96 valence electrons. The van der Waals surface area contributed by atoms with Gasteiger partial charge in [0.15, 0.2) is 0 Å². The normalized spacial score (nSPS) is 15.9. The maximum Gasteiger partial charge on any atom is 0.321 e. The Labute approximate surface area is 110 Å². The van der Waals surface area contributed by atoms with Gasteiger partial charge < -0.3 is 10.1 Å². The van der Waals surface area contributed by atoms with Gasteiger partial charge in [-0.3, -0.25) is 9.59 Å². The highest BCUT2D eigenvalue weighted by Gasteiger charge is 2.57. The van der Waals surface area contributed by atoms with E-state index in [9.17, 15) is 9.59 Å². The summed E-state index contributed by atoms with van der Waals surface area (Å²) < 4.78 is 4.66. The molecule has 1 aromatic rings. The molecular formula is C13H14ClNO3. The van der Waals surface area contributed by atoms with E-state index in [0.717, 1.165) is 5.56 Å². The number of hydrogen-bond acceptors (Lipinski definition) is 3. The van der Waals surface area contributed by atoms with Gasteiger partial charge in [-0.2, -0.15) is 0 Å². The molecule has 1 aliphatic rings. The minimum atomic E-state index is -0.985. The van der Waals surface area contributed by atoms with Gasteiger partial charge in [0, 0.05) is 10.7 Å². The number of carbonyl (C=O) groups excluding carboxylic acids is 2. The number of rotatable bonds is 3. The summed E-state index contributed by atoms with van der Waals surface area (Å²) in [6.07, 6.45) is 1.08. The first-order valence-corrected chi connectivity index (χ1v) is 6.03. The van der Waals surface area contributed by atoms with Crippen LogP contribution in [-0.4, -0.2) is 19.0 Å². The highest BCUT2D eigenvalue weighted by Crippen LogP contribution is 2.47. The molecule has 1 fully saturated rings. The fourth-order valence-electron chi connectivity index (χ4n) is 1.85. The van der Waals surface area contributed by atoms with Gasteiger partial charge in [0.25, 0.3) is 0 Å². The summed E-state index contributed by atoms with van der Waals surface area (Å²) in [5, 5.41) is 3.37. The third kappa shape index (κ3) is 2.20. The van der Waals surface area contributed by atoms with Crippen molar-refractivity contribution in [2.24, 2.45) is 5.41 Å². The van der Waals surface area contributed by atoms with E-state index in [1.807, 2.05) is 6.92 Å². The number of halogens is 1. The summed E-state index contributed by atoms with van der Waals surface area (Å²) in [5.74, 6) is -0.772. The van der Waals surface area contributed by atoms with Crippen molar-refractivity contribution in [3.8, 4) is 0 Å². The van der Waals surface area contributed by atoms with Gasteiger partial charge in [-0.05, 0) is 43.5 Å². The van der Waals surface area contributed by atoms with E-state index in [-0.39, 0.29) is 5.91 Å². The fraction of sp³-hybridized carbons (Fsp3) is 0.385. The molecule has 1 amide bonds. The SMILES string of the molecule is COC(=O)C1(C(=O)Nc2ccc(Cl)cc2C)CC1. The zero-order chi connectivity index (χ0) is 13.3. The summed E-state index contributed by atoms with van der Waals surface area (Å²) in [6, 6.07) is 5.18. The zero-order valence-electron chi connectivity index (χ0n) is 10.2. The Bertz CT molecular complexity index is 509. The topological polar surface area (TPSA) is 55.4 Å². The van der Waals surface area contributed by atoms with Crippen LogP contribution in [0.15, 0.2) is 18.2 Å². The van der Waals surface area contributed by atoms with Crippen molar-refractivity contribution in [1.29, 1.82) is 0 Å². The molecule has 0 aliphatic heterocycles. The Hall–Kier alpha value is -1.55. The first-order chi connectivity index (χ1) is 8.49. The van der Waals surface area contributed by atoms with Crippen LogP contribution in [0.4, 0.5) is 5.69 Å². The van der Waals surface area contributed by atoms with Crippen LogP contribution in [0.5, 0.6) is 0 Å². The Morgan fingerprint density at radius 1 is 1.39 bits per heavy atom. The van der Waals surface area contributed by atoms with E-state index in [4.69, 9.17) is 11.6 Å². The molecule has 4 nitrogen and oxygen atoms in total. The van der Waals surface area contributed by atoms with E-state index >= 15 is 0 Å². The number of esters is 1. The van der Waals surface area contributed by atoms with Crippen molar-refractivity contribution in [2.75, 3.05) is 12.4 Å². The number of carbonyl (C=O) groups is 2. The minimum Gasteiger partial charge on any atom is -0.468 e. The van der Waals surface area contributed by atoms with Gasteiger partial charge in [0.2, 0.25) is 5.91 Å². The van der Waals surface area contributed by atoms with Crippen LogP contribution in [0.25, 0.3) is 0 Å². The van der Waals surface area contributed by atoms with Gasteiger partial charge in [0.1, 0.15) is 5.41 Å². The van der Waals surface area contributed by atoms with E-state index in [2.05, 4.69) is 10.1 Å². The molecule has 0 spiro atoms. The Balaban J connectivity index is 2.15. The van der Waals surface area contributed by atoms with Crippen LogP contribution in [0, 0.1) is 12.3 Å². The van der Waals surface area contributed by atoms with Gasteiger partial charge in [-0.1, -0.05) is 11.6 Å². The highest BCUT2D eigenvalue weighted by atomic mass is 35.5. The fourth-order valence-corrected chi connectivity index (χ4v) is 2.08. The number of hydrogen-bond donors (Lipinski definition) is 1. The lowest BCUT2D eigenvalue weighted by Gasteiger charge is -2.14. The molecule has 0 heterocycles. The minimum absolute atomic E-state index is 0.306. The van der Waals surface area contributed by atoms with E-state index < -0.39 is 11.4 Å². The smallest absolute Gasteiger partial charge is 0.321 e. The second-order valence-electron chi connectivity index (χ2n) is 4.49. The standard InChI is InChI=1S/C13H14ClNO3/c1-8-7-9(14)3-4-10(8)15-11(16)13(5-6-13)12(17)18-2/h3-4,7H,5-6H2,1-2H3,(H,15,16). The van der Waals surface area contributed by atoms with Crippen molar-refractivity contribution < 1.29 is 14.3 Å². The summed E-state index contributed by atoms with van der Waals surface area (Å²) in [6.45, 7) is 1.85. The molecule has 0 atom stereocenters. The molecule has 1 saturated carbocycles. The summed E-state index contributed by atoms with van der Waals surface area (Å²) in [4.78, 5) is 23.7. The van der Waals surface area contributed by atoms with E-state index in [1.54, 1.807) is 18.2 Å². The van der Waals surface area contributed by atoms with E-state index in [0.29, 0.717) is 23.6 Å². The van der Waals surface area contributed by atoms with Gasteiger partial charge in [0.05, 0.1) is 7.11 Å². The average molecular weight is 268 g/mol. The van der Waals surface area contributed by atoms with Gasteiger partial charge >= 0.3 is 5.97 Å². The van der Waals surface area contributed by atoms with Crippen LogP contribution < -0.4 is 5.32 Å². The number of nitrogens with one attached hydrogen (secondary N) is 1. The molecular weight excluding hydrogens is 254 g/mol.